The molecule has 0 radical (unpaired) electrons. The Kier molecular flexibility index (Phi) is 5.58. The summed E-state index contributed by atoms with van der Waals surface area (Å²) < 4.78 is 32.1. The Bertz CT molecular complexity index is 750. The van der Waals surface area contributed by atoms with Crippen molar-refractivity contribution in [3.63, 3.8) is 0 Å². The van der Waals surface area contributed by atoms with Crippen LogP contribution in [-0.2, 0) is 16.6 Å². The molecule has 0 saturated carbocycles. The summed E-state index contributed by atoms with van der Waals surface area (Å²) in [6.45, 7) is 6.22. The van der Waals surface area contributed by atoms with Gasteiger partial charge >= 0.3 is 0 Å². The Labute approximate surface area is 138 Å². The molecule has 0 aromatic heterocycles. The molecule has 0 amide bonds. The minimum atomic E-state index is -3.59. The van der Waals surface area contributed by atoms with E-state index < -0.39 is 10.0 Å². The van der Waals surface area contributed by atoms with E-state index in [9.17, 15) is 8.42 Å². The maximum atomic E-state index is 12.8. The number of hydrogen-bond acceptors (Lipinski definition) is 3. The zero-order chi connectivity index (χ0) is 16.9. The van der Waals surface area contributed by atoms with E-state index >= 15 is 0 Å². The van der Waals surface area contributed by atoms with E-state index in [1.807, 2.05) is 31.2 Å². The van der Waals surface area contributed by atoms with Gasteiger partial charge in [0, 0.05) is 13.1 Å². The number of sulfonamides is 1. The molecule has 0 aliphatic rings. The van der Waals surface area contributed by atoms with Gasteiger partial charge in [-0.3, -0.25) is 0 Å². The maximum Gasteiger partial charge on any atom is 0.243 e. The van der Waals surface area contributed by atoms with Crippen molar-refractivity contribution in [3.8, 4) is 5.75 Å². The molecule has 0 aliphatic carbocycles. The summed E-state index contributed by atoms with van der Waals surface area (Å²) in [4.78, 5) is 0.243. The molecule has 0 saturated heterocycles. The molecule has 0 bridgehead atoms. The third-order valence-electron chi connectivity index (χ3n) is 3.51. The van der Waals surface area contributed by atoms with Crippen LogP contribution in [0.3, 0.4) is 0 Å². The van der Waals surface area contributed by atoms with Crippen LogP contribution in [0.5, 0.6) is 5.75 Å². The predicted molar refractivity (Wildman–Crippen MR) is 92.0 cm³/mol. The molecule has 0 N–H and O–H groups in total. The molecule has 2 aromatic rings. The Balaban J connectivity index is 2.30. The fourth-order valence-electron chi connectivity index (χ4n) is 2.19. The molecule has 0 aliphatic heterocycles. The number of rotatable bonds is 7. The van der Waals surface area contributed by atoms with Gasteiger partial charge in [0.05, 0.1) is 12.0 Å². The van der Waals surface area contributed by atoms with Crippen LogP contribution in [0.25, 0.3) is 0 Å². The van der Waals surface area contributed by atoms with E-state index in [-0.39, 0.29) is 11.4 Å². The van der Waals surface area contributed by atoms with Crippen molar-refractivity contribution >= 4 is 10.0 Å². The summed E-state index contributed by atoms with van der Waals surface area (Å²) >= 11 is 0. The van der Waals surface area contributed by atoms with Gasteiger partial charge in [-0.2, -0.15) is 4.31 Å². The number of hydrogen-bond donors (Lipinski definition) is 0. The van der Waals surface area contributed by atoms with E-state index in [1.165, 1.54) is 4.31 Å². The lowest BCUT2D eigenvalue weighted by Crippen LogP contribution is -2.30. The van der Waals surface area contributed by atoms with E-state index in [0.29, 0.717) is 12.3 Å². The van der Waals surface area contributed by atoms with E-state index in [0.717, 1.165) is 11.1 Å². The monoisotopic (exact) mass is 331 g/mol. The fourth-order valence-corrected chi connectivity index (χ4v) is 3.58. The van der Waals surface area contributed by atoms with Gasteiger partial charge in [0.25, 0.3) is 0 Å². The third kappa shape index (κ3) is 4.21. The quantitative estimate of drug-likeness (QED) is 0.731. The Morgan fingerprint density at radius 1 is 1.09 bits per heavy atom. The van der Waals surface area contributed by atoms with Crippen LogP contribution in [0, 0.1) is 6.92 Å². The highest BCUT2D eigenvalue weighted by Crippen LogP contribution is 2.21. The van der Waals surface area contributed by atoms with Gasteiger partial charge < -0.3 is 4.74 Å². The van der Waals surface area contributed by atoms with Crippen LogP contribution in [0.4, 0.5) is 0 Å². The van der Waals surface area contributed by atoms with Crippen LogP contribution < -0.4 is 4.74 Å². The second kappa shape index (κ2) is 7.44. The summed E-state index contributed by atoms with van der Waals surface area (Å²) in [6.07, 6.45) is 1.59. The number of aryl methyl sites for hydroxylation is 1. The van der Waals surface area contributed by atoms with Crippen molar-refractivity contribution in [3.05, 3.63) is 72.3 Å². The number of benzene rings is 2. The van der Waals surface area contributed by atoms with Gasteiger partial charge in [0.2, 0.25) is 10.0 Å². The van der Waals surface area contributed by atoms with E-state index in [2.05, 4.69) is 6.58 Å². The Morgan fingerprint density at radius 2 is 1.70 bits per heavy atom. The molecule has 2 aromatic carbocycles. The molecule has 2 rings (SSSR count). The lowest BCUT2D eigenvalue weighted by atomic mass is 10.1. The molecule has 5 heteroatoms. The Hall–Kier alpha value is -2.11. The van der Waals surface area contributed by atoms with Crippen LogP contribution in [0.2, 0.25) is 0 Å². The van der Waals surface area contributed by atoms with Crippen molar-refractivity contribution in [1.82, 2.24) is 4.31 Å². The second-order valence-electron chi connectivity index (χ2n) is 5.25. The molecule has 4 nitrogen and oxygen atoms in total. The highest BCUT2D eigenvalue weighted by Gasteiger charge is 2.23. The molecule has 0 fully saturated rings. The molecule has 0 unspecified atom stereocenters. The van der Waals surface area contributed by atoms with E-state index in [4.69, 9.17) is 4.74 Å². The van der Waals surface area contributed by atoms with Gasteiger partial charge in [0.1, 0.15) is 5.75 Å². The van der Waals surface area contributed by atoms with Gasteiger partial charge in [-0.1, -0.05) is 35.9 Å². The highest BCUT2D eigenvalue weighted by atomic mass is 32.2. The lowest BCUT2D eigenvalue weighted by Gasteiger charge is -2.21. The zero-order valence-electron chi connectivity index (χ0n) is 13.4. The molecule has 0 heterocycles. The largest absolute Gasteiger partial charge is 0.497 e. The normalized spacial score (nSPS) is 11.4. The average Bonchev–Trinajstić information content (AvgIpc) is 2.56. The van der Waals surface area contributed by atoms with Crippen LogP contribution in [-0.4, -0.2) is 26.4 Å². The maximum absolute atomic E-state index is 12.8. The topological polar surface area (TPSA) is 46.6 Å². The SMILES string of the molecule is C=CCN(Cc1ccc(C)cc1)S(=O)(=O)c1ccc(OC)cc1. The summed E-state index contributed by atoms with van der Waals surface area (Å²) in [5, 5.41) is 0. The second-order valence-corrected chi connectivity index (χ2v) is 7.19. The van der Waals surface area contributed by atoms with Crippen molar-refractivity contribution in [1.29, 1.82) is 0 Å². The van der Waals surface area contributed by atoms with Crippen LogP contribution >= 0.6 is 0 Å². The summed E-state index contributed by atoms with van der Waals surface area (Å²) in [6, 6.07) is 14.2. The van der Waals surface area contributed by atoms with E-state index in [1.54, 1.807) is 37.5 Å². The first-order chi connectivity index (χ1) is 11.0. The van der Waals surface area contributed by atoms with Crippen LogP contribution in [0.1, 0.15) is 11.1 Å². The molecule has 122 valence electrons. The van der Waals surface area contributed by atoms with Gasteiger partial charge in [-0.15, -0.1) is 6.58 Å². The first kappa shape index (κ1) is 17.2. The van der Waals surface area contributed by atoms with Crippen molar-refractivity contribution in [2.45, 2.75) is 18.4 Å². The lowest BCUT2D eigenvalue weighted by molar-refractivity contribution is 0.414. The molecule has 0 atom stereocenters. The summed E-state index contributed by atoms with van der Waals surface area (Å²) in [5.74, 6) is 0.623. The predicted octanol–water partition coefficient (Wildman–Crippen LogP) is 3.38. The van der Waals surface area contributed by atoms with Gasteiger partial charge in [0.15, 0.2) is 0 Å². The smallest absolute Gasteiger partial charge is 0.243 e. The highest BCUT2D eigenvalue weighted by molar-refractivity contribution is 7.89. The summed E-state index contributed by atoms with van der Waals surface area (Å²) in [5.41, 5.74) is 2.08. The zero-order valence-corrected chi connectivity index (χ0v) is 14.2. The summed E-state index contributed by atoms with van der Waals surface area (Å²) in [7, 11) is -2.04. The first-order valence-corrected chi connectivity index (χ1v) is 8.72. The fraction of sp³-hybridized carbons (Fsp3) is 0.222. The van der Waals surface area contributed by atoms with Crippen molar-refractivity contribution in [2.75, 3.05) is 13.7 Å². The first-order valence-electron chi connectivity index (χ1n) is 7.28. The third-order valence-corrected chi connectivity index (χ3v) is 5.34. The molecular formula is C18H21NO3S. The molecule has 23 heavy (non-hydrogen) atoms. The standard InChI is InChI=1S/C18H21NO3S/c1-4-13-19(14-16-7-5-15(2)6-8-16)23(20,21)18-11-9-17(22-3)10-12-18/h4-12H,1,13-14H2,2-3H3. The molecule has 0 spiro atoms. The average molecular weight is 331 g/mol. The molecular weight excluding hydrogens is 310 g/mol. The minimum Gasteiger partial charge on any atom is -0.497 e. The van der Waals surface area contributed by atoms with Crippen LogP contribution in [0.15, 0.2) is 66.1 Å². The van der Waals surface area contributed by atoms with Gasteiger partial charge in [-0.05, 0) is 36.8 Å². The van der Waals surface area contributed by atoms with Gasteiger partial charge in [-0.25, -0.2) is 8.42 Å². The minimum absolute atomic E-state index is 0.243. The number of methoxy groups -OCH3 is 1. The number of nitrogens with zero attached hydrogens (tertiary/aromatic N) is 1. The Morgan fingerprint density at radius 3 is 2.22 bits per heavy atom. The van der Waals surface area contributed by atoms with Crippen molar-refractivity contribution < 1.29 is 13.2 Å². The number of ether oxygens (including phenoxy) is 1. The van der Waals surface area contributed by atoms with Crippen molar-refractivity contribution in [2.24, 2.45) is 0 Å².